The molecule has 0 atom stereocenters. The largest absolute Gasteiger partial charge is 0.573 e. The molecule has 0 aliphatic carbocycles. The van der Waals surface area contributed by atoms with E-state index < -0.39 is 6.36 Å². The summed E-state index contributed by atoms with van der Waals surface area (Å²) in [6, 6.07) is 11.0. The Labute approximate surface area is 123 Å². The maximum Gasteiger partial charge on any atom is 0.573 e. The fourth-order valence-corrected chi connectivity index (χ4v) is 1.59. The van der Waals surface area contributed by atoms with Gasteiger partial charge in [0.05, 0.1) is 6.21 Å². The number of oxime groups is 1. The Hall–Kier alpha value is -2.57. The minimum absolute atomic E-state index is 0.0211. The molecule has 0 spiro atoms. The zero-order chi connectivity index (χ0) is 16.0. The van der Waals surface area contributed by atoms with Crippen molar-refractivity contribution in [2.24, 2.45) is 5.16 Å². The summed E-state index contributed by atoms with van der Waals surface area (Å²) in [6.07, 6.45) is -3.37. The maximum atomic E-state index is 12.7. The summed E-state index contributed by atoms with van der Waals surface area (Å²) in [5.41, 5.74) is 1.11. The minimum Gasteiger partial charge on any atom is -0.406 e. The van der Waals surface area contributed by atoms with Gasteiger partial charge in [-0.15, -0.1) is 13.2 Å². The Morgan fingerprint density at radius 2 is 1.77 bits per heavy atom. The molecule has 116 valence electrons. The fraction of sp³-hybridized carbons (Fsp3) is 0.133. The number of nitrogens with zero attached hydrogens (tertiary/aromatic N) is 1. The SMILES string of the molecule is Fc1ccc(C=NOCc2cccc(OC(F)(F)F)c2)cc1. The van der Waals surface area contributed by atoms with Gasteiger partial charge in [-0.2, -0.15) is 0 Å². The summed E-state index contributed by atoms with van der Waals surface area (Å²) < 4.78 is 52.8. The van der Waals surface area contributed by atoms with Crippen molar-refractivity contribution in [1.82, 2.24) is 0 Å². The van der Waals surface area contributed by atoms with Crippen LogP contribution in [-0.4, -0.2) is 12.6 Å². The molecular formula is C15H11F4NO2. The van der Waals surface area contributed by atoms with Gasteiger partial charge in [-0.05, 0) is 35.4 Å². The smallest absolute Gasteiger partial charge is 0.406 e. The van der Waals surface area contributed by atoms with Crippen molar-refractivity contribution in [2.45, 2.75) is 13.0 Å². The van der Waals surface area contributed by atoms with Crippen LogP contribution in [-0.2, 0) is 11.4 Å². The highest BCUT2D eigenvalue weighted by molar-refractivity contribution is 5.78. The summed E-state index contributed by atoms with van der Waals surface area (Å²) >= 11 is 0. The summed E-state index contributed by atoms with van der Waals surface area (Å²) in [5.74, 6) is -0.685. The molecule has 7 heteroatoms. The summed E-state index contributed by atoms with van der Waals surface area (Å²) in [5, 5.41) is 3.66. The van der Waals surface area contributed by atoms with E-state index in [0.717, 1.165) is 0 Å². The Bertz CT molecular complexity index is 639. The molecule has 2 rings (SSSR count). The minimum atomic E-state index is -4.74. The molecule has 0 aliphatic heterocycles. The first-order valence-corrected chi connectivity index (χ1v) is 6.18. The highest BCUT2D eigenvalue weighted by Gasteiger charge is 2.31. The van der Waals surface area contributed by atoms with Crippen LogP contribution in [0.15, 0.2) is 53.7 Å². The molecule has 2 aromatic carbocycles. The molecule has 0 aromatic heterocycles. The molecule has 0 saturated heterocycles. The van der Waals surface area contributed by atoms with E-state index in [0.29, 0.717) is 11.1 Å². The van der Waals surface area contributed by atoms with Crippen molar-refractivity contribution in [3.8, 4) is 5.75 Å². The molecule has 0 aliphatic rings. The van der Waals surface area contributed by atoms with E-state index in [2.05, 4.69) is 9.89 Å². The average Bonchev–Trinajstić information content (AvgIpc) is 2.44. The third-order valence-electron chi connectivity index (χ3n) is 2.51. The van der Waals surface area contributed by atoms with Crippen molar-refractivity contribution in [3.05, 3.63) is 65.5 Å². The summed E-state index contributed by atoms with van der Waals surface area (Å²) in [6.45, 7) is -0.0211. The van der Waals surface area contributed by atoms with E-state index in [1.165, 1.54) is 48.7 Å². The lowest BCUT2D eigenvalue weighted by Gasteiger charge is -2.09. The molecule has 22 heavy (non-hydrogen) atoms. The molecule has 0 radical (unpaired) electrons. The van der Waals surface area contributed by atoms with Crippen molar-refractivity contribution in [2.75, 3.05) is 0 Å². The molecule has 0 unspecified atom stereocenters. The second-order valence-corrected chi connectivity index (χ2v) is 4.25. The number of benzene rings is 2. The van der Waals surface area contributed by atoms with Gasteiger partial charge in [0.1, 0.15) is 18.2 Å². The molecule has 0 saturated carbocycles. The molecule has 0 fully saturated rings. The van der Waals surface area contributed by atoms with Gasteiger partial charge in [-0.1, -0.05) is 29.4 Å². The highest BCUT2D eigenvalue weighted by atomic mass is 19.4. The standard InChI is InChI=1S/C15H11F4NO2/c16-13-6-4-11(5-7-13)9-20-21-10-12-2-1-3-14(8-12)22-15(17,18)19/h1-9H,10H2. The van der Waals surface area contributed by atoms with E-state index >= 15 is 0 Å². The lowest BCUT2D eigenvalue weighted by Crippen LogP contribution is -2.17. The maximum absolute atomic E-state index is 12.7. The topological polar surface area (TPSA) is 30.8 Å². The molecule has 0 amide bonds. The second kappa shape index (κ2) is 6.93. The Morgan fingerprint density at radius 3 is 2.45 bits per heavy atom. The monoisotopic (exact) mass is 313 g/mol. The van der Waals surface area contributed by atoms with Crippen molar-refractivity contribution >= 4 is 6.21 Å². The third kappa shape index (κ3) is 5.43. The first-order chi connectivity index (χ1) is 10.4. The Kier molecular flexibility index (Phi) is 4.98. The second-order valence-electron chi connectivity index (χ2n) is 4.25. The zero-order valence-electron chi connectivity index (χ0n) is 11.2. The van der Waals surface area contributed by atoms with Gasteiger partial charge in [0, 0.05) is 0 Å². The van der Waals surface area contributed by atoms with Crippen molar-refractivity contribution < 1.29 is 27.1 Å². The highest BCUT2D eigenvalue weighted by Crippen LogP contribution is 2.23. The van der Waals surface area contributed by atoms with E-state index in [1.807, 2.05) is 0 Å². The molecule has 0 bridgehead atoms. The number of hydrogen-bond donors (Lipinski definition) is 0. The van der Waals surface area contributed by atoms with Crippen LogP contribution in [0.5, 0.6) is 5.75 Å². The van der Waals surface area contributed by atoms with Gasteiger partial charge in [-0.25, -0.2) is 4.39 Å². The Balaban J connectivity index is 1.89. The number of halogens is 4. The molecular weight excluding hydrogens is 302 g/mol. The van der Waals surface area contributed by atoms with Crippen LogP contribution in [0.2, 0.25) is 0 Å². The van der Waals surface area contributed by atoms with Crippen molar-refractivity contribution in [3.63, 3.8) is 0 Å². The van der Waals surface area contributed by atoms with E-state index in [9.17, 15) is 17.6 Å². The number of hydrogen-bond acceptors (Lipinski definition) is 3. The van der Waals surface area contributed by atoms with Gasteiger partial charge in [0.25, 0.3) is 0 Å². The quantitative estimate of drug-likeness (QED) is 0.469. The molecule has 2 aromatic rings. The van der Waals surface area contributed by atoms with Crippen LogP contribution in [0, 0.1) is 5.82 Å². The van der Waals surface area contributed by atoms with E-state index in [-0.39, 0.29) is 18.2 Å². The van der Waals surface area contributed by atoms with E-state index in [4.69, 9.17) is 4.84 Å². The molecule has 0 N–H and O–H groups in total. The number of alkyl halides is 3. The van der Waals surface area contributed by atoms with Crippen LogP contribution in [0.25, 0.3) is 0 Å². The van der Waals surface area contributed by atoms with Gasteiger partial charge in [0.15, 0.2) is 0 Å². The number of rotatable bonds is 5. The van der Waals surface area contributed by atoms with Crippen molar-refractivity contribution in [1.29, 1.82) is 0 Å². The Morgan fingerprint density at radius 1 is 1.05 bits per heavy atom. The summed E-state index contributed by atoms with van der Waals surface area (Å²) in [7, 11) is 0. The van der Waals surface area contributed by atoms with Gasteiger partial charge in [-0.3, -0.25) is 0 Å². The number of ether oxygens (including phenoxy) is 1. The normalized spacial score (nSPS) is 11.6. The first kappa shape index (κ1) is 15.8. The fourth-order valence-electron chi connectivity index (χ4n) is 1.59. The lowest BCUT2D eigenvalue weighted by atomic mass is 10.2. The zero-order valence-corrected chi connectivity index (χ0v) is 11.2. The van der Waals surface area contributed by atoms with Gasteiger partial charge < -0.3 is 9.57 Å². The lowest BCUT2D eigenvalue weighted by molar-refractivity contribution is -0.274. The summed E-state index contributed by atoms with van der Waals surface area (Å²) in [4.78, 5) is 4.98. The predicted octanol–water partition coefficient (Wildman–Crippen LogP) is 4.28. The van der Waals surface area contributed by atoms with Gasteiger partial charge in [0.2, 0.25) is 0 Å². The van der Waals surface area contributed by atoms with Crippen LogP contribution >= 0.6 is 0 Å². The van der Waals surface area contributed by atoms with Gasteiger partial charge >= 0.3 is 6.36 Å². The van der Waals surface area contributed by atoms with E-state index in [1.54, 1.807) is 6.07 Å². The third-order valence-corrected chi connectivity index (χ3v) is 2.51. The average molecular weight is 313 g/mol. The first-order valence-electron chi connectivity index (χ1n) is 6.18. The molecule has 3 nitrogen and oxygen atoms in total. The van der Waals surface area contributed by atoms with Crippen LogP contribution in [0.3, 0.4) is 0 Å². The van der Waals surface area contributed by atoms with Crippen LogP contribution in [0.4, 0.5) is 17.6 Å². The molecule has 0 heterocycles. The van der Waals surface area contributed by atoms with Crippen LogP contribution < -0.4 is 4.74 Å². The predicted molar refractivity (Wildman–Crippen MR) is 71.9 cm³/mol. The van der Waals surface area contributed by atoms with Crippen LogP contribution in [0.1, 0.15) is 11.1 Å².